The molecule has 4 rings (SSSR count). The highest BCUT2D eigenvalue weighted by molar-refractivity contribution is 5.94. The number of amides is 2. The molecule has 2 amide bonds. The van der Waals surface area contributed by atoms with Crippen LogP contribution in [0.2, 0.25) is 0 Å². The van der Waals surface area contributed by atoms with E-state index in [2.05, 4.69) is 52.1 Å². The molecule has 194 valence electrons. The second-order valence-corrected chi connectivity index (χ2v) is 13.6. The topological polar surface area (TPSA) is 69.6 Å². The number of carbonyl (C=O) groups excluding carboxylic acids is 2. The second kappa shape index (κ2) is 9.21. The number of nitrogens with one attached hydrogen (secondary N) is 1. The largest absolute Gasteiger partial charge is 0.390 e. The summed E-state index contributed by atoms with van der Waals surface area (Å²) >= 11 is 0. The van der Waals surface area contributed by atoms with E-state index in [1.54, 1.807) is 0 Å². The monoisotopic (exact) mass is 482 g/mol. The summed E-state index contributed by atoms with van der Waals surface area (Å²) in [7, 11) is 0. The molecule has 3 aliphatic rings. The van der Waals surface area contributed by atoms with Crippen LogP contribution in [0, 0.1) is 16.7 Å². The fraction of sp³-hybridized carbons (Fsp3) is 0.733. The fourth-order valence-corrected chi connectivity index (χ4v) is 7.26. The van der Waals surface area contributed by atoms with Crippen LogP contribution in [0.3, 0.4) is 0 Å². The number of hydrogen-bond acceptors (Lipinski definition) is 3. The van der Waals surface area contributed by atoms with Gasteiger partial charge in [-0.1, -0.05) is 46.8 Å². The number of carbonyl (C=O) groups is 2. The van der Waals surface area contributed by atoms with Gasteiger partial charge in [-0.05, 0) is 91.7 Å². The summed E-state index contributed by atoms with van der Waals surface area (Å²) in [6.45, 7) is 14.8. The van der Waals surface area contributed by atoms with Gasteiger partial charge in [0.1, 0.15) is 0 Å². The lowest BCUT2D eigenvalue weighted by Crippen LogP contribution is -2.52. The molecule has 2 N–H and O–H groups in total. The lowest BCUT2D eigenvalue weighted by molar-refractivity contribution is -0.132. The van der Waals surface area contributed by atoms with E-state index in [-0.39, 0.29) is 40.0 Å². The Balaban J connectivity index is 1.57. The van der Waals surface area contributed by atoms with Crippen molar-refractivity contribution in [2.45, 2.75) is 110 Å². The maximum atomic E-state index is 13.4. The molecular formula is C30H46N2O3. The molecule has 3 fully saturated rings. The molecule has 1 aromatic carbocycles. The molecule has 0 bridgehead atoms. The van der Waals surface area contributed by atoms with Gasteiger partial charge < -0.3 is 15.3 Å². The zero-order valence-corrected chi connectivity index (χ0v) is 22.7. The fourth-order valence-electron chi connectivity index (χ4n) is 7.26. The minimum atomic E-state index is -0.688. The SMILES string of the molecule is CC1(O)CCC2(CCC(=O)N3CCCC3)C(NC(=O)c3ccc(C(C)(C)C)cc3)CC(C)(C)C2C1. The first kappa shape index (κ1) is 26.2. The van der Waals surface area contributed by atoms with Gasteiger partial charge in [0, 0.05) is 31.1 Å². The van der Waals surface area contributed by atoms with Crippen molar-refractivity contribution in [3.05, 3.63) is 35.4 Å². The van der Waals surface area contributed by atoms with Crippen molar-refractivity contribution in [3.63, 3.8) is 0 Å². The van der Waals surface area contributed by atoms with Crippen molar-refractivity contribution in [1.82, 2.24) is 10.2 Å². The number of aliphatic hydroxyl groups is 1. The Morgan fingerprint density at radius 2 is 1.66 bits per heavy atom. The van der Waals surface area contributed by atoms with Gasteiger partial charge in [0.05, 0.1) is 5.60 Å². The Hall–Kier alpha value is -1.88. The van der Waals surface area contributed by atoms with Gasteiger partial charge in [-0.2, -0.15) is 0 Å². The van der Waals surface area contributed by atoms with E-state index in [1.807, 2.05) is 24.0 Å². The standard InChI is InChI=1S/C30H46N2O3/c1-27(2,3)22-11-9-21(10-12-22)26(34)31-24-20-28(4,5)23-19-29(6,35)15-16-30(23,24)14-13-25(33)32-17-7-8-18-32/h9-12,23-24,35H,7-8,13-20H2,1-6H3,(H,31,34). The molecule has 0 spiro atoms. The molecule has 1 heterocycles. The maximum Gasteiger partial charge on any atom is 0.251 e. The Morgan fingerprint density at radius 3 is 2.26 bits per heavy atom. The van der Waals surface area contributed by atoms with Gasteiger partial charge in [-0.25, -0.2) is 0 Å². The molecule has 0 radical (unpaired) electrons. The van der Waals surface area contributed by atoms with E-state index in [0.29, 0.717) is 18.4 Å². The predicted molar refractivity (Wildman–Crippen MR) is 140 cm³/mol. The van der Waals surface area contributed by atoms with Crippen molar-refractivity contribution in [2.24, 2.45) is 16.7 Å². The van der Waals surface area contributed by atoms with Crippen LogP contribution in [0.1, 0.15) is 109 Å². The lowest BCUT2D eigenvalue weighted by atomic mass is 9.57. The predicted octanol–water partition coefficient (Wildman–Crippen LogP) is 5.45. The molecule has 2 aliphatic carbocycles. The van der Waals surface area contributed by atoms with Crippen molar-refractivity contribution in [1.29, 1.82) is 0 Å². The van der Waals surface area contributed by atoms with Gasteiger partial charge in [0.15, 0.2) is 0 Å². The summed E-state index contributed by atoms with van der Waals surface area (Å²) in [5, 5.41) is 14.4. The van der Waals surface area contributed by atoms with Crippen molar-refractivity contribution in [3.8, 4) is 0 Å². The Labute approximate surface area is 212 Å². The van der Waals surface area contributed by atoms with Gasteiger partial charge in [-0.3, -0.25) is 9.59 Å². The number of rotatable bonds is 5. The zero-order chi connectivity index (χ0) is 25.6. The smallest absolute Gasteiger partial charge is 0.251 e. The van der Waals surface area contributed by atoms with Gasteiger partial charge in [0.25, 0.3) is 5.91 Å². The summed E-state index contributed by atoms with van der Waals surface area (Å²) in [5.41, 5.74) is 1.07. The maximum absolute atomic E-state index is 13.4. The normalized spacial score (nSPS) is 32.4. The number of benzene rings is 1. The molecule has 1 aliphatic heterocycles. The lowest BCUT2D eigenvalue weighted by Gasteiger charge is -2.51. The second-order valence-electron chi connectivity index (χ2n) is 13.6. The summed E-state index contributed by atoms with van der Waals surface area (Å²) < 4.78 is 0. The molecule has 2 saturated carbocycles. The first-order valence-electron chi connectivity index (χ1n) is 13.7. The average Bonchev–Trinajstić information content (AvgIpc) is 3.38. The molecule has 4 unspecified atom stereocenters. The summed E-state index contributed by atoms with van der Waals surface area (Å²) in [4.78, 5) is 28.5. The summed E-state index contributed by atoms with van der Waals surface area (Å²) in [5.74, 6) is 0.480. The molecule has 0 aromatic heterocycles. The first-order valence-corrected chi connectivity index (χ1v) is 13.7. The van der Waals surface area contributed by atoms with Crippen LogP contribution in [0.15, 0.2) is 24.3 Å². The number of likely N-dealkylation sites (tertiary alicyclic amines) is 1. The van der Waals surface area contributed by atoms with Crippen molar-refractivity contribution in [2.75, 3.05) is 13.1 Å². The average molecular weight is 483 g/mol. The molecule has 1 aromatic rings. The van der Waals surface area contributed by atoms with Crippen molar-refractivity contribution < 1.29 is 14.7 Å². The van der Waals surface area contributed by atoms with E-state index in [9.17, 15) is 14.7 Å². The highest BCUT2D eigenvalue weighted by Crippen LogP contribution is 2.64. The first-order chi connectivity index (χ1) is 16.2. The van der Waals surface area contributed by atoms with Crippen LogP contribution < -0.4 is 5.32 Å². The summed E-state index contributed by atoms with van der Waals surface area (Å²) in [6, 6.07) is 7.97. The van der Waals surface area contributed by atoms with Crippen LogP contribution in [0.4, 0.5) is 0 Å². The van der Waals surface area contributed by atoms with E-state index in [0.717, 1.165) is 51.6 Å². The number of hydrogen-bond donors (Lipinski definition) is 2. The third-order valence-corrected chi connectivity index (χ3v) is 9.42. The third kappa shape index (κ3) is 5.30. The van der Waals surface area contributed by atoms with Crippen LogP contribution in [0.5, 0.6) is 0 Å². The highest BCUT2D eigenvalue weighted by atomic mass is 16.3. The number of nitrogens with zero attached hydrogens (tertiary/aromatic N) is 1. The molecular weight excluding hydrogens is 436 g/mol. The highest BCUT2D eigenvalue weighted by Gasteiger charge is 2.61. The number of fused-ring (bicyclic) bond motifs is 1. The van der Waals surface area contributed by atoms with E-state index in [4.69, 9.17) is 0 Å². The van der Waals surface area contributed by atoms with Crippen LogP contribution >= 0.6 is 0 Å². The van der Waals surface area contributed by atoms with E-state index >= 15 is 0 Å². The van der Waals surface area contributed by atoms with Crippen molar-refractivity contribution >= 4 is 11.8 Å². The Morgan fingerprint density at radius 1 is 1.03 bits per heavy atom. The molecule has 5 nitrogen and oxygen atoms in total. The molecule has 1 saturated heterocycles. The minimum absolute atomic E-state index is 0.000212. The van der Waals surface area contributed by atoms with Crippen LogP contribution in [-0.2, 0) is 10.2 Å². The van der Waals surface area contributed by atoms with Crippen LogP contribution in [0.25, 0.3) is 0 Å². The summed E-state index contributed by atoms with van der Waals surface area (Å²) in [6.07, 6.45) is 6.66. The molecule has 35 heavy (non-hydrogen) atoms. The minimum Gasteiger partial charge on any atom is -0.390 e. The Kier molecular flexibility index (Phi) is 6.89. The van der Waals surface area contributed by atoms with Gasteiger partial charge >= 0.3 is 0 Å². The third-order valence-electron chi connectivity index (χ3n) is 9.42. The zero-order valence-electron chi connectivity index (χ0n) is 22.7. The van der Waals surface area contributed by atoms with E-state index in [1.165, 1.54) is 5.56 Å². The molecule has 5 heteroatoms. The quantitative estimate of drug-likeness (QED) is 0.586. The van der Waals surface area contributed by atoms with E-state index < -0.39 is 5.60 Å². The Bertz CT molecular complexity index is 937. The van der Waals surface area contributed by atoms with Gasteiger partial charge in [0.2, 0.25) is 5.91 Å². The van der Waals surface area contributed by atoms with Crippen LogP contribution in [-0.4, -0.2) is 46.6 Å². The van der Waals surface area contributed by atoms with Gasteiger partial charge in [-0.15, -0.1) is 0 Å². The molecule has 4 atom stereocenters.